The zero-order chi connectivity index (χ0) is 24.7. The summed E-state index contributed by atoms with van der Waals surface area (Å²) in [6, 6.07) is 1.23. The Bertz CT molecular complexity index is 1060. The molecule has 4 unspecified atom stereocenters. The molecule has 1 aliphatic rings. The molecule has 4 atom stereocenters. The Morgan fingerprint density at radius 1 is 0.970 bits per heavy atom. The standard InChI is InChI=1S/C8H6Br4O7S.C6H2Cl4O.2Li/c9-3-1-2-6(10,4(13)14)7(11,5(15)16)8(3,12)20(17,18)19;7-2-1-3(11)5(9)6(10)4(2)8;;/h1-3H,(H,13,14)(H,15,16)(H,17,18,19);1,11H;;/q;;2*+1/p-2. The van der Waals surface area contributed by atoms with Crippen LogP contribution in [0.3, 0.4) is 0 Å². The molecule has 0 heterocycles. The molecule has 2 N–H and O–H groups in total. The van der Waals surface area contributed by atoms with E-state index in [1.54, 1.807) is 0 Å². The van der Waals surface area contributed by atoms with E-state index in [1.807, 2.05) is 0 Å². The van der Waals surface area contributed by atoms with Gasteiger partial charge in [-0.2, -0.15) is 8.42 Å². The van der Waals surface area contributed by atoms with Gasteiger partial charge in [-0.25, -0.2) is 0 Å². The van der Waals surface area contributed by atoms with Crippen LogP contribution in [0.1, 0.15) is 0 Å². The van der Waals surface area contributed by atoms with E-state index in [4.69, 9.17) is 51.5 Å². The van der Waals surface area contributed by atoms with Gasteiger partial charge in [-0.1, -0.05) is 122 Å². The number of aliphatic carboxylic acids is 2. The first-order valence-corrected chi connectivity index (χ1v) is 13.4. The molecular formula is C14H6Br4Cl4Li2O8S. The fourth-order valence-electron chi connectivity index (χ4n) is 2.27. The van der Waals surface area contributed by atoms with Crippen LogP contribution >= 0.6 is 110 Å². The van der Waals surface area contributed by atoms with Crippen molar-refractivity contribution < 1.29 is 75.6 Å². The van der Waals surface area contributed by atoms with E-state index in [1.165, 1.54) is 6.07 Å². The van der Waals surface area contributed by atoms with Gasteiger partial charge in [0.2, 0.25) is 0 Å². The van der Waals surface area contributed by atoms with Crippen LogP contribution in [-0.2, 0) is 19.7 Å². The van der Waals surface area contributed by atoms with Crippen LogP contribution < -0.4 is 47.9 Å². The van der Waals surface area contributed by atoms with Crippen LogP contribution in [0.2, 0.25) is 20.1 Å². The average molecular weight is 810 g/mol. The zero-order valence-corrected chi connectivity index (χ0v) is 26.3. The summed E-state index contributed by atoms with van der Waals surface area (Å²) in [5.74, 6) is -4.21. The predicted octanol–water partition coefficient (Wildman–Crippen LogP) is -2.92. The second-order valence-corrected chi connectivity index (χ2v) is 14.0. The quantitative estimate of drug-likeness (QED) is 0.0823. The number of benzene rings is 1. The first-order chi connectivity index (χ1) is 13.8. The van der Waals surface area contributed by atoms with Gasteiger partial charge in [0.15, 0.2) is 3.66 Å². The van der Waals surface area contributed by atoms with E-state index in [0.29, 0.717) is 0 Å². The molecule has 0 spiro atoms. The molecule has 33 heavy (non-hydrogen) atoms. The minimum absolute atomic E-state index is 0. The molecular weight excluding hydrogens is 804 g/mol. The predicted molar refractivity (Wildman–Crippen MR) is 127 cm³/mol. The Morgan fingerprint density at radius 3 is 1.79 bits per heavy atom. The van der Waals surface area contributed by atoms with Gasteiger partial charge in [-0.3, -0.25) is 4.55 Å². The second kappa shape index (κ2) is 13.1. The third kappa shape index (κ3) is 6.48. The van der Waals surface area contributed by atoms with Crippen molar-refractivity contribution >= 4 is 132 Å². The average Bonchev–Trinajstić information content (AvgIpc) is 2.65. The molecule has 0 amide bonds. The Labute approximate surface area is 265 Å². The van der Waals surface area contributed by atoms with Crippen LogP contribution in [-0.4, -0.2) is 47.1 Å². The molecule has 0 aromatic heterocycles. The Balaban J connectivity index is 0. The maximum absolute atomic E-state index is 11.6. The Morgan fingerprint density at radius 2 is 1.42 bits per heavy atom. The van der Waals surface area contributed by atoms with Gasteiger partial charge in [-0.05, 0) is 0 Å². The van der Waals surface area contributed by atoms with Gasteiger partial charge < -0.3 is 24.9 Å². The fraction of sp³-hybridized carbons (Fsp3) is 0.286. The molecule has 0 aliphatic heterocycles. The number of hydrogen-bond donors (Lipinski definition) is 2. The van der Waals surface area contributed by atoms with Crippen molar-refractivity contribution in [3.63, 3.8) is 0 Å². The smallest absolute Gasteiger partial charge is 0.548 e. The summed E-state index contributed by atoms with van der Waals surface area (Å²) in [5, 5.41) is 32.2. The van der Waals surface area contributed by atoms with Crippen molar-refractivity contribution in [1.29, 1.82) is 0 Å². The summed E-state index contributed by atoms with van der Waals surface area (Å²) in [5.41, 5.74) is 0. The van der Waals surface area contributed by atoms with Crippen LogP contribution in [0.25, 0.3) is 0 Å². The molecule has 0 fully saturated rings. The molecule has 0 saturated carbocycles. The first kappa shape index (κ1) is 37.0. The third-order valence-electron chi connectivity index (χ3n) is 3.86. The minimum atomic E-state index is -5.10. The van der Waals surface area contributed by atoms with Gasteiger partial charge in [0.05, 0.1) is 31.8 Å². The van der Waals surface area contributed by atoms with Crippen molar-refractivity contribution in [2.24, 2.45) is 0 Å². The van der Waals surface area contributed by atoms with Crippen molar-refractivity contribution in [3.8, 4) is 5.75 Å². The number of aromatic hydroxyl groups is 1. The number of carboxylic acids is 2. The third-order valence-corrected chi connectivity index (χ3v) is 15.2. The molecule has 0 saturated heterocycles. The molecule has 8 nitrogen and oxygen atoms in total. The number of alkyl halides is 4. The number of phenolic OH excluding ortho intramolecular Hbond substituents is 1. The molecule has 174 valence electrons. The summed E-state index contributed by atoms with van der Waals surface area (Å²) in [7, 11) is -5.10. The van der Waals surface area contributed by atoms with Gasteiger partial charge in [-0.15, -0.1) is 0 Å². The van der Waals surface area contributed by atoms with E-state index in [0.717, 1.165) is 12.2 Å². The van der Waals surface area contributed by atoms with Gasteiger partial charge in [0.1, 0.15) is 19.4 Å². The minimum Gasteiger partial charge on any atom is -0.548 e. The summed E-state index contributed by atoms with van der Waals surface area (Å²) in [6.45, 7) is 0. The van der Waals surface area contributed by atoms with Gasteiger partial charge in [0, 0.05) is 6.07 Å². The van der Waals surface area contributed by atoms with Crippen molar-refractivity contribution in [2.45, 2.75) is 17.1 Å². The van der Waals surface area contributed by atoms with Crippen LogP contribution in [0.15, 0.2) is 18.2 Å². The normalized spacial score (nSPS) is 28.5. The van der Waals surface area contributed by atoms with E-state index < -0.39 is 39.2 Å². The maximum atomic E-state index is 11.6. The van der Waals surface area contributed by atoms with Crippen molar-refractivity contribution in [2.75, 3.05) is 0 Å². The van der Waals surface area contributed by atoms with Gasteiger partial charge in [0.25, 0.3) is 10.1 Å². The monoisotopic (exact) mass is 804 g/mol. The number of phenols is 1. The number of carboxylic acid groups (broad SMARTS) is 2. The van der Waals surface area contributed by atoms with E-state index in [-0.39, 0.29) is 63.6 Å². The first-order valence-electron chi connectivity index (χ1n) is 7.12. The maximum Gasteiger partial charge on any atom is 1.00 e. The molecule has 2 rings (SSSR count). The van der Waals surface area contributed by atoms with E-state index in [2.05, 4.69) is 63.7 Å². The molecule has 1 aromatic rings. The topological polar surface area (TPSA) is 155 Å². The molecule has 1 aliphatic carbocycles. The number of allylic oxidation sites excluding steroid dienone is 1. The molecule has 1 aromatic carbocycles. The zero-order valence-electron chi connectivity index (χ0n) is 16.1. The van der Waals surface area contributed by atoms with Crippen LogP contribution in [0.5, 0.6) is 5.75 Å². The molecule has 0 bridgehead atoms. The summed E-state index contributed by atoms with van der Waals surface area (Å²) >= 11 is 33.0. The largest absolute Gasteiger partial charge is 1.00 e. The Hall–Kier alpha value is 1.88. The summed E-state index contributed by atoms with van der Waals surface area (Å²) in [4.78, 5) is 21.5. The fourth-order valence-corrected chi connectivity index (χ4v) is 8.34. The number of carbonyl (C=O) groups is 2. The molecule has 19 heteroatoms. The number of carbonyl (C=O) groups excluding carboxylic acids is 2. The summed E-state index contributed by atoms with van der Waals surface area (Å²) < 4.78 is 24.7. The number of hydrogen-bond acceptors (Lipinski definition) is 7. The van der Waals surface area contributed by atoms with Crippen LogP contribution in [0, 0.1) is 0 Å². The molecule has 0 radical (unpaired) electrons. The second-order valence-electron chi connectivity index (χ2n) is 5.65. The van der Waals surface area contributed by atoms with Gasteiger partial charge >= 0.3 is 37.7 Å². The summed E-state index contributed by atoms with van der Waals surface area (Å²) in [6.07, 6.45) is 1.91. The van der Waals surface area contributed by atoms with E-state index in [9.17, 15) is 32.8 Å². The SMILES string of the molecule is O=C([O-])C1(Br)C=CC(Br)C(Br)(S(=O)(=O)O)C1(Br)C(=O)[O-].Oc1cc(Cl)c(Cl)c(Cl)c1Cl.[Li+].[Li+]. The Kier molecular flexibility index (Phi) is 14.7. The van der Waals surface area contributed by atoms with Crippen molar-refractivity contribution in [3.05, 3.63) is 38.3 Å². The van der Waals surface area contributed by atoms with E-state index >= 15 is 0 Å². The number of rotatable bonds is 3. The number of halogens is 8. The van der Waals surface area contributed by atoms with Crippen LogP contribution in [0.4, 0.5) is 0 Å². The van der Waals surface area contributed by atoms with Crippen molar-refractivity contribution in [1.82, 2.24) is 0 Å².